The molecule has 23 heavy (non-hydrogen) atoms. The number of ether oxygens (including phenoxy) is 1. The van der Waals surface area contributed by atoms with E-state index in [1.165, 1.54) is 11.1 Å². The molecule has 0 atom stereocenters. The van der Waals surface area contributed by atoms with Crippen molar-refractivity contribution in [2.75, 3.05) is 34.6 Å². The molecule has 1 heterocycles. The second kappa shape index (κ2) is 8.61. The minimum absolute atomic E-state index is 0.614. The standard InChI is InChI=1S/C17H27NO4Si/c1-5-8-15-9-6-10-16-13-18(14-22-17(15)16)11-7-12-23(19-2,20-3)21-4/h5-6,9-10H,1,7-8,11-14H2,2-4H3. The van der Waals surface area contributed by atoms with Crippen LogP contribution in [0.25, 0.3) is 0 Å². The first-order chi connectivity index (χ1) is 11.2. The summed E-state index contributed by atoms with van der Waals surface area (Å²) in [6.07, 6.45) is 3.70. The molecule has 0 saturated carbocycles. The molecule has 0 saturated heterocycles. The molecule has 0 fully saturated rings. The molecule has 2 rings (SSSR count). The fourth-order valence-electron chi connectivity index (χ4n) is 2.93. The average Bonchev–Trinajstić information content (AvgIpc) is 2.59. The highest BCUT2D eigenvalue weighted by Crippen LogP contribution is 2.30. The van der Waals surface area contributed by atoms with Crippen LogP contribution in [-0.4, -0.2) is 48.3 Å². The van der Waals surface area contributed by atoms with E-state index in [0.717, 1.165) is 37.7 Å². The van der Waals surface area contributed by atoms with Crippen LogP contribution in [0.5, 0.6) is 5.75 Å². The van der Waals surface area contributed by atoms with Crippen molar-refractivity contribution in [1.82, 2.24) is 4.90 Å². The van der Waals surface area contributed by atoms with Gasteiger partial charge in [-0.05, 0) is 18.4 Å². The molecule has 0 bridgehead atoms. The lowest BCUT2D eigenvalue weighted by molar-refractivity contribution is 0.0889. The predicted octanol–water partition coefficient (Wildman–Crippen LogP) is 2.84. The van der Waals surface area contributed by atoms with Gasteiger partial charge in [0, 0.05) is 46.0 Å². The van der Waals surface area contributed by atoms with Gasteiger partial charge in [0.25, 0.3) is 0 Å². The molecule has 6 heteroatoms. The molecule has 0 aromatic heterocycles. The molecule has 0 aliphatic carbocycles. The SMILES string of the molecule is C=CCc1cccc2c1OCN(CCC[Si](OC)(OC)OC)C2. The van der Waals surface area contributed by atoms with E-state index < -0.39 is 8.80 Å². The van der Waals surface area contributed by atoms with Crippen LogP contribution in [0.3, 0.4) is 0 Å². The second-order valence-electron chi connectivity index (χ2n) is 5.62. The monoisotopic (exact) mass is 337 g/mol. The van der Waals surface area contributed by atoms with E-state index in [4.69, 9.17) is 18.0 Å². The molecule has 0 unspecified atom stereocenters. The number of fused-ring (bicyclic) bond motifs is 1. The third-order valence-electron chi connectivity index (χ3n) is 4.22. The maximum absolute atomic E-state index is 5.98. The van der Waals surface area contributed by atoms with Crippen molar-refractivity contribution < 1.29 is 18.0 Å². The molecule has 5 nitrogen and oxygen atoms in total. The smallest absolute Gasteiger partial charge is 0.477 e. The van der Waals surface area contributed by atoms with Gasteiger partial charge in [-0.25, -0.2) is 0 Å². The molecule has 128 valence electrons. The predicted molar refractivity (Wildman–Crippen MR) is 92.5 cm³/mol. The first-order valence-electron chi connectivity index (χ1n) is 7.90. The van der Waals surface area contributed by atoms with E-state index in [-0.39, 0.29) is 0 Å². The Balaban J connectivity index is 1.91. The molecular weight excluding hydrogens is 310 g/mol. The minimum Gasteiger partial charge on any atom is -0.477 e. The number of hydrogen-bond donors (Lipinski definition) is 0. The van der Waals surface area contributed by atoms with E-state index in [1.807, 2.05) is 6.08 Å². The normalized spacial score (nSPS) is 15.1. The van der Waals surface area contributed by atoms with E-state index in [1.54, 1.807) is 21.3 Å². The summed E-state index contributed by atoms with van der Waals surface area (Å²) in [5.74, 6) is 1.03. The van der Waals surface area contributed by atoms with Gasteiger partial charge in [0.1, 0.15) is 12.5 Å². The summed E-state index contributed by atoms with van der Waals surface area (Å²) in [6.45, 7) is 6.25. The van der Waals surface area contributed by atoms with E-state index >= 15 is 0 Å². The number of hydrogen-bond acceptors (Lipinski definition) is 5. The van der Waals surface area contributed by atoms with Crippen molar-refractivity contribution in [3.63, 3.8) is 0 Å². The Morgan fingerprint density at radius 1 is 1.26 bits per heavy atom. The highest BCUT2D eigenvalue weighted by molar-refractivity contribution is 6.60. The lowest BCUT2D eigenvalue weighted by Gasteiger charge is -2.31. The molecule has 0 N–H and O–H groups in total. The Labute approximate surface area is 140 Å². The third-order valence-corrected chi connectivity index (χ3v) is 7.05. The van der Waals surface area contributed by atoms with Gasteiger partial charge in [0.15, 0.2) is 0 Å². The number of rotatable bonds is 9. The minimum atomic E-state index is -2.47. The summed E-state index contributed by atoms with van der Waals surface area (Å²) < 4.78 is 22.4. The maximum Gasteiger partial charge on any atom is 0.500 e. The highest BCUT2D eigenvalue weighted by atomic mass is 28.4. The van der Waals surface area contributed by atoms with Crippen LogP contribution >= 0.6 is 0 Å². The summed E-state index contributed by atoms with van der Waals surface area (Å²) in [5, 5.41) is 0. The van der Waals surface area contributed by atoms with E-state index in [2.05, 4.69) is 29.7 Å². The van der Waals surface area contributed by atoms with Gasteiger partial charge in [-0.2, -0.15) is 0 Å². The summed E-state index contributed by atoms with van der Waals surface area (Å²) in [5.41, 5.74) is 2.45. The van der Waals surface area contributed by atoms with Crippen LogP contribution < -0.4 is 4.74 Å². The first kappa shape index (κ1) is 18.2. The van der Waals surface area contributed by atoms with Gasteiger partial charge < -0.3 is 18.0 Å². The topological polar surface area (TPSA) is 40.2 Å². The van der Waals surface area contributed by atoms with Gasteiger partial charge >= 0.3 is 8.80 Å². The van der Waals surface area contributed by atoms with E-state index in [0.29, 0.717) is 6.73 Å². The Morgan fingerprint density at radius 2 is 2.00 bits per heavy atom. The van der Waals surface area contributed by atoms with Gasteiger partial charge in [-0.3, -0.25) is 4.90 Å². The molecule has 0 spiro atoms. The van der Waals surface area contributed by atoms with E-state index in [9.17, 15) is 0 Å². The molecule has 1 aromatic rings. The Hall–Kier alpha value is -1.18. The highest BCUT2D eigenvalue weighted by Gasteiger charge is 2.37. The largest absolute Gasteiger partial charge is 0.500 e. The number of para-hydroxylation sites is 1. The number of allylic oxidation sites excluding steroid dienone is 1. The van der Waals surface area contributed by atoms with Gasteiger partial charge in [0.05, 0.1) is 0 Å². The van der Waals surface area contributed by atoms with Crippen molar-refractivity contribution in [1.29, 1.82) is 0 Å². The Bertz CT molecular complexity index is 511. The summed E-state index contributed by atoms with van der Waals surface area (Å²) in [4.78, 5) is 2.29. The Morgan fingerprint density at radius 3 is 2.65 bits per heavy atom. The number of nitrogens with zero attached hydrogens (tertiary/aromatic N) is 1. The molecule has 0 radical (unpaired) electrons. The summed E-state index contributed by atoms with van der Waals surface area (Å²) >= 11 is 0. The van der Waals surface area contributed by atoms with Crippen LogP contribution in [0.4, 0.5) is 0 Å². The average molecular weight is 337 g/mol. The van der Waals surface area contributed by atoms with Crippen LogP contribution in [0.15, 0.2) is 30.9 Å². The van der Waals surface area contributed by atoms with Crippen LogP contribution in [0, 0.1) is 0 Å². The number of benzene rings is 1. The van der Waals surface area contributed by atoms with Gasteiger partial charge in [-0.1, -0.05) is 24.3 Å². The fourth-order valence-corrected chi connectivity index (χ4v) is 4.63. The van der Waals surface area contributed by atoms with Crippen LogP contribution in [0.2, 0.25) is 6.04 Å². The van der Waals surface area contributed by atoms with Crippen molar-refractivity contribution in [2.45, 2.75) is 25.4 Å². The zero-order valence-electron chi connectivity index (χ0n) is 14.3. The molecule has 1 aliphatic heterocycles. The third kappa shape index (κ3) is 4.42. The molecule has 1 aromatic carbocycles. The van der Waals surface area contributed by atoms with Crippen molar-refractivity contribution >= 4 is 8.80 Å². The van der Waals surface area contributed by atoms with Crippen molar-refractivity contribution in [3.8, 4) is 5.75 Å². The van der Waals surface area contributed by atoms with Gasteiger partial charge in [0.2, 0.25) is 0 Å². The zero-order valence-corrected chi connectivity index (χ0v) is 15.3. The fraction of sp³-hybridized carbons (Fsp3) is 0.529. The quantitative estimate of drug-likeness (QED) is 0.512. The molecule has 1 aliphatic rings. The summed E-state index contributed by atoms with van der Waals surface area (Å²) in [7, 11) is 2.49. The molecule has 0 amide bonds. The van der Waals surface area contributed by atoms with Crippen LogP contribution in [0.1, 0.15) is 17.5 Å². The van der Waals surface area contributed by atoms with Crippen molar-refractivity contribution in [3.05, 3.63) is 42.0 Å². The zero-order chi connectivity index (χ0) is 16.7. The first-order valence-corrected chi connectivity index (χ1v) is 9.83. The molecular formula is C17H27NO4Si. The van der Waals surface area contributed by atoms with Crippen molar-refractivity contribution in [2.24, 2.45) is 0 Å². The second-order valence-corrected chi connectivity index (χ2v) is 8.71. The van der Waals surface area contributed by atoms with Crippen LogP contribution in [-0.2, 0) is 26.2 Å². The lowest BCUT2D eigenvalue weighted by Crippen LogP contribution is -2.43. The Kier molecular flexibility index (Phi) is 6.80. The maximum atomic E-state index is 5.98. The lowest BCUT2D eigenvalue weighted by atomic mass is 10.0. The van der Waals surface area contributed by atoms with Gasteiger partial charge in [-0.15, -0.1) is 6.58 Å². The summed E-state index contributed by atoms with van der Waals surface area (Å²) in [6, 6.07) is 7.12.